The zero-order valence-electron chi connectivity index (χ0n) is 34.7. The van der Waals surface area contributed by atoms with Crippen molar-refractivity contribution in [1.82, 2.24) is 42.2 Å². The molecule has 24 nitrogen and oxygen atoms in total. The van der Waals surface area contributed by atoms with Gasteiger partial charge >= 0.3 is 18.1 Å². The smallest absolute Gasteiger partial charge is 0.471 e. The Bertz CT molecular complexity index is 2470. The Labute approximate surface area is 372 Å². The van der Waals surface area contributed by atoms with Gasteiger partial charge < -0.3 is 42.7 Å². The molecule has 12 N–H and O–H groups in total. The summed E-state index contributed by atoms with van der Waals surface area (Å²) in [5.74, 6) is -11.7. The molecule has 0 radical (unpaired) electrons. The second kappa shape index (κ2) is 24.2. The van der Waals surface area contributed by atoms with Gasteiger partial charge in [0.2, 0.25) is 11.8 Å². The number of unbranched alkanes of at least 4 members (excludes halogenated alkanes) is 1. The number of amides is 7. The summed E-state index contributed by atoms with van der Waals surface area (Å²) in [5, 5.41) is 28.3. The van der Waals surface area contributed by atoms with Crippen LogP contribution < -0.4 is 48.4 Å². The highest BCUT2D eigenvalue weighted by molar-refractivity contribution is 7.86. The molecule has 1 aliphatic heterocycles. The Morgan fingerprint density at radius 1 is 0.955 bits per heavy atom. The van der Waals surface area contributed by atoms with E-state index in [0.29, 0.717) is 6.08 Å². The number of hydrogen-bond donors (Lipinski definition) is 11. The average Bonchev–Trinajstić information content (AvgIpc) is 3.23. The number of pyridine rings is 1. The van der Waals surface area contributed by atoms with Crippen LogP contribution in [0.25, 0.3) is 0 Å². The molecule has 1 atom stereocenters. The third-order valence-electron chi connectivity index (χ3n) is 8.31. The molecule has 0 spiro atoms. The highest BCUT2D eigenvalue weighted by Gasteiger charge is 2.39. The normalized spacial score (nSPS) is 17.9. The standard InChI is InChI=1S/C38H43F3N12O12S/c1-20(2)30-35(61)50-23(10-7-15-44-37(42)52-36(62)38(39,40)41)32(58)46-19-28(54)48-25(16-29(55)56)34(60)49-24(33(59)51-30)9-5-6-14-43-31(57)22-12-13-27(45-17-22)53-47-18-21-8-3-4-11-26(21)66(63,64)65/h3-4,8-13,16-18,20,30H,5-7,14-15,19H2,1-2H3,(H,43,57)(H,45,53)(H,46,58)(H,48,54)(H,49,60)(H,50,61)(H,51,59)(H,55,56)(H,63,64,65)(H3,42,44,52,62)/b23-10-,24-9-,25-16+,47-18+/t30-/m1/s1. The topological polar surface area (TPSA) is 371 Å². The van der Waals surface area contributed by atoms with Crippen molar-refractivity contribution in [3.8, 4) is 0 Å². The molecule has 1 aliphatic rings. The van der Waals surface area contributed by atoms with Gasteiger partial charge in [-0.25, -0.2) is 9.78 Å². The fraction of sp³-hybridized carbons (Fsp3) is 0.289. The Morgan fingerprint density at radius 2 is 1.64 bits per heavy atom. The molecule has 0 saturated carbocycles. The molecule has 66 heavy (non-hydrogen) atoms. The summed E-state index contributed by atoms with van der Waals surface area (Å²) in [5.41, 5.74) is 6.17. The van der Waals surface area contributed by atoms with Crippen LogP contribution in [0.3, 0.4) is 0 Å². The second-order valence-electron chi connectivity index (χ2n) is 13.7. The summed E-state index contributed by atoms with van der Waals surface area (Å²) in [6, 6.07) is 6.92. The number of anilines is 1. The second-order valence-corrected chi connectivity index (χ2v) is 15.1. The lowest BCUT2D eigenvalue weighted by Gasteiger charge is -2.23. The summed E-state index contributed by atoms with van der Waals surface area (Å²) in [6.07, 6.45) is -0.506. The molecule has 1 aromatic heterocycles. The van der Waals surface area contributed by atoms with Gasteiger partial charge in [0.05, 0.1) is 24.4 Å². The molecule has 0 bridgehead atoms. The Kier molecular flexibility index (Phi) is 19.2. The number of nitrogens with zero attached hydrogens (tertiary/aromatic N) is 3. The lowest BCUT2D eigenvalue weighted by molar-refractivity contribution is -0.171. The number of hydrazone groups is 1. The summed E-state index contributed by atoms with van der Waals surface area (Å²) < 4.78 is 70.1. The van der Waals surface area contributed by atoms with Crippen molar-refractivity contribution in [3.05, 3.63) is 89.0 Å². The number of nitrogens with two attached hydrogens (primary N) is 1. The van der Waals surface area contributed by atoms with Crippen molar-refractivity contribution in [2.45, 2.75) is 50.2 Å². The molecule has 2 heterocycles. The highest BCUT2D eigenvalue weighted by Crippen LogP contribution is 2.15. The number of carbonyl (C=O) groups excluding carboxylic acids is 7. The number of benzene rings is 1. The van der Waals surface area contributed by atoms with Gasteiger partial charge in [0.15, 0.2) is 5.96 Å². The molecule has 2 aromatic rings. The van der Waals surface area contributed by atoms with Gasteiger partial charge in [-0.05, 0) is 43.4 Å². The maximum absolute atomic E-state index is 13.6. The van der Waals surface area contributed by atoms with Crippen molar-refractivity contribution in [1.29, 1.82) is 0 Å². The first-order chi connectivity index (χ1) is 31.0. The molecule has 7 amide bonds. The van der Waals surface area contributed by atoms with E-state index >= 15 is 0 Å². The van der Waals surface area contributed by atoms with Crippen molar-refractivity contribution < 1.29 is 69.6 Å². The monoisotopic (exact) mass is 948 g/mol. The molecule has 1 saturated heterocycles. The summed E-state index contributed by atoms with van der Waals surface area (Å²) in [6.45, 7) is 1.72. The number of carboxylic acid groups (broad SMARTS) is 1. The van der Waals surface area contributed by atoms with E-state index in [1.165, 1.54) is 67.8 Å². The fourth-order valence-electron chi connectivity index (χ4n) is 5.14. The van der Waals surface area contributed by atoms with Crippen LogP contribution in [0.15, 0.2) is 92.9 Å². The van der Waals surface area contributed by atoms with Crippen LogP contribution in [0.4, 0.5) is 19.0 Å². The van der Waals surface area contributed by atoms with E-state index in [4.69, 9.17) is 5.73 Å². The SMILES string of the molecule is CC(C)[C@H]1NC(=O)/C(=C/CCCNC(=O)c2ccc(N/N=C/c3ccccc3S(=O)(=O)O)nc2)NC(=O)/C(=C\C(=O)O)NC(=O)CNC(=O)/C(=C/CCN=C(N)NC(=O)C(F)(F)F)NC1=O. The number of nitrogens with one attached hydrogen (secondary N) is 8. The summed E-state index contributed by atoms with van der Waals surface area (Å²) in [4.78, 5) is 109. The van der Waals surface area contributed by atoms with E-state index in [1.807, 2.05) is 5.32 Å². The fourth-order valence-corrected chi connectivity index (χ4v) is 5.81. The minimum atomic E-state index is -5.25. The predicted molar refractivity (Wildman–Crippen MR) is 225 cm³/mol. The average molecular weight is 949 g/mol. The van der Waals surface area contributed by atoms with Crippen molar-refractivity contribution in [2.24, 2.45) is 21.7 Å². The Balaban J connectivity index is 1.76. The number of aromatic nitrogens is 1. The van der Waals surface area contributed by atoms with Gasteiger partial charge in [0.1, 0.15) is 33.8 Å². The third kappa shape index (κ3) is 17.3. The number of alkyl halides is 3. The van der Waals surface area contributed by atoms with Crippen LogP contribution >= 0.6 is 0 Å². The van der Waals surface area contributed by atoms with Crippen LogP contribution in [-0.2, 0) is 43.7 Å². The number of allylic oxidation sites excluding steroid dienone is 1. The van der Waals surface area contributed by atoms with E-state index in [-0.39, 0.29) is 47.6 Å². The van der Waals surface area contributed by atoms with E-state index in [9.17, 15) is 69.6 Å². The first-order valence-electron chi connectivity index (χ1n) is 19.1. The predicted octanol–water partition coefficient (Wildman–Crippen LogP) is -0.977. The van der Waals surface area contributed by atoms with E-state index < -0.39 is 112 Å². The Morgan fingerprint density at radius 3 is 2.27 bits per heavy atom. The molecule has 1 aromatic carbocycles. The lowest BCUT2D eigenvalue weighted by atomic mass is 10.0. The van der Waals surface area contributed by atoms with Crippen LogP contribution in [0, 0.1) is 5.92 Å². The first-order valence-corrected chi connectivity index (χ1v) is 20.5. The maximum Gasteiger partial charge on any atom is 0.471 e. The van der Waals surface area contributed by atoms with E-state index in [1.54, 1.807) is 0 Å². The number of carbonyl (C=O) groups is 8. The summed E-state index contributed by atoms with van der Waals surface area (Å²) >= 11 is 0. The van der Waals surface area contributed by atoms with Crippen LogP contribution in [-0.4, -0.2) is 114 Å². The number of aliphatic imine (C=N–C) groups is 1. The van der Waals surface area contributed by atoms with Crippen molar-refractivity contribution in [3.63, 3.8) is 0 Å². The molecular weight excluding hydrogens is 906 g/mol. The van der Waals surface area contributed by atoms with Gasteiger partial charge in [-0.1, -0.05) is 44.2 Å². The van der Waals surface area contributed by atoms with Gasteiger partial charge in [0.25, 0.3) is 33.7 Å². The molecule has 354 valence electrons. The summed E-state index contributed by atoms with van der Waals surface area (Å²) in [7, 11) is -4.51. The molecule has 3 rings (SSSR count). The number of aliphatic carboxylic acids is 1. The molecular formula is C38H43F3N12O12S. The van der Waals surface area contributed by atoms with E-state index in [0.717, 1.165) is 12.3 Å². The van der Waals surface area contributed by atoms with Gasteiger partial charge in [-0.3, -0.25) is 53.8 Å². The minimum absolute atomic E-state index is 0.00311. The van der Waals surface area contributed by atoms with Crippen LogP contribution in [0.1, 0.15) is 49.0 Å². The quantitative estimate of drug-likeness (QED) is 0.0271. The van der Waals surface area contributed by atoms with Crippen LogP contribution in [0.2, 0.25) is 0 Å². The lowest BCUT2D eigenvalue weighted by Crippen LogP contribution is -2.52. The van der Waals surface area contributed by atoms with Gasteiger partial charge in [-0.15, -0.1) is 0 Å². The largest absolute Gasteiger partial charge is 0.478 e. The first kappa shape index (κ1) is 52.3. The third-order valence-corrected chi connectivity index (χ3v) is 9.23. The Hall–Kier alpha value is -8.01. The molecule has 28 heteroatoms. The molecule has 1 fully saturated rings. The zero-order valence-corrected chi connectivity index (χ0v) is 35.5. The van der Waals surface area contributed by atoms with Gasteiger partial charge in [-0.2, -0.15) is 26.7 Å². The number of hydrogen-bond acceptors (Lipinski definition) is 14. The molecule has 0 aliphatic carbocycles. The van der Waals surface area contributed by atoms with Crippen LogP contribution in [0.5, 0.6) is 0 Å². The minimum Gasteiger partial charge on any atom is -0.478 e. The van der Waals surface area contributed by atoms with Crippen molar-refractivity contribution in [2.75, 3.05) is 25.1 Å². The number of carboxylic acids is 1. The number of halogens is 3. The highest BCUT2D eigenvalue weighted by atomic mass is 32.2. The van der Waals surface area contributed by atoms with Crippen molar-refractivity contribution >= 4 is 75.4 Å². The molecule has 0 unspecified atom stereocenters. The number of guanidine groups is 1. The zero-order chi connectivity index (χ0) is 49.2. The van der Waals surface area contributed by atoms with E-state index in [2.05, 4.69) is 47.1 Å². The maximum atomic E-state index is 13.6. The van der Waals surface area contributed by atoms with Gasteiger partial charge in [0, 0.05) is 24.8 Å². The number of rotatable bonds is 14.